The molecule has 1 radical (unpaired) electrons. The summed E-state index contributed by atoms with van der Waals surface area (Å²) in [6.07, 6.45) is 4.69. The van der Waals surface area contributed by atoms with Crippen LogP contribution in [0.2, 0.25) is 0 Å². The lowest BCUT2D eigenvalue weighted by atomic mass is 9.97. The molecule has 0 amide bonds. The fourth-order valence-electron chi connectivity index (χ4n) is 1.55. The fraction of sp³-hybridized carbons (Fsp3) is 0.875. The molecule has 0 aromatic heterocycles. The fourth-order valence-corrected chi connectivity index (χ4v) is 1.55. The highest BCUT2D eigenvalue weighted by Gasteiger charge is 2.32. The maximum Gasteiger partial charge on any atom is 0.105 e. The van der Waals surface area contributed by atoms with E-state index in [0.29, 0.717) is 12.8 Å². The van der Waals surface area contributed by atoms with Crippen molar-refractivity contribution in [2.45, 2.75) is 44.1 Å². The Kier molecular flexibility index (Phi) is 2.29. The monoisotopic (exact) mass is 138 g/mol. The number of rotatable bonds is 2. The summed E-state index contributed by atoms with van der Waals surface area (Å²) < 4.78 is 0. The van der Waals surface area contributed by atoms with Gasteiger partial charge < -0.3 is 0 Å². The molecule has 1 fully saturated rings. The van der Waals surface area contributed by atoms with Gasteiger partial charge in [0.2, 0.25) is 0 Å². The van der Waals surface area contributed by atoms with Gasteiger partial charge in [0.25, 0.3) is 0 Å². The number of nitrogens with zero attached hydrogens (tertiary/aromatic N) is 1. The van der Waals surface area contributed by atoms with Crippen LogP contribution in [0, 0.1) is 11.3 Å². The van der Waals surface area contributed by atoms with Gasteiger partial charge in [-0.1, -0.05) is 12.8 Å². The van der Waals surface area contributed by atoms with Gasteiger partial charge in [-0.2, -0.15) is 5.26 Å². The standard InChI is InChI=1S/C8H12NO/c9-7-3-6-8(10)4-1-2-5-8/h1-6H2. The van der Waals surface area contributed by atoms with Gasteiger partial charge in [-0.3, -0.25) is 0 Å². The summed E-state index contributed by atoms with van der Waals surface area (Å²) >= 11 is 0. The van der Waals surface area contributed by atoms with Crippen molar-refractivity contribution >= 4 is 0 Å². The van der Waals surface area contributed by atoms with Crippen molar-refractivity contribution in [3.8, 4) is 6.07 Å². The van der Waals surface area contributed by atoms with E-state index in [9.17, 15) is 5.11 Å². The smallest absolute Gasteiger partial charge is 0.105 e. The predicted octanol–water partition coefficient (Wildman–Crippen LogP) is 2.03. The summed E-state index contributed by atoms with van der Waals surface area (Å²) in [6.45, 7) is 0. The minimum absolute atomic E-state index is 0.434. The molecular formula is C8H12NO. The first-order valence-corrected chi connectivity index (χ1v) is 3.84. The molecule has 1 aliphatic rings. The summed E-state index contributed by atoms with van der Waals surface area (Å²) in [5.74, 6) is 0. The van der Waals surface area contributed by atoms with Crippen molar-refractivity contribution in [2.24, 2.45) is 0 Å². The predicted molar refractivity (Wildman–Crippen MR) is 36.7 cm³/mol. The molecule has 1 saturated carbocycles. The lowest BCUT2D eigenvalue weighted by molar-refractivity contribution is -0.0294. The van der Waals surface area contributed by atoms with E-state index < -0.39 is 5.60 Å². The minimum Gasteiger partial charge on any atom is -0.229 e. The summed E-state index contributed by atoms with van der Waals surface area (Å²) in [7, 11) is 0. The van der Waals surface area contributed by atoms with Gasteiger partial charge >= 0.3 is 0 Å². The van der Waals surface area contributed by atoms with Gasteiger partial charge in [0.15, 0.2) is 0 Å². The third-order valence-electron chi connectivity index (χ3n) is 2.21. The molecule has 0 aromatic carbocycles. The second-order valence-corrected chi connectivity index (χ2v) is 3.05. The maximum atomic E-state index is 11.5. The zero-order valence-electron chi connectivity index (χ0n) is 6.10. The van der Waals surface area contributed by atoms with Crippen LogP contribution in [0.1, 0.15) is 38.5 Å². The highest BCUT2D eigenvalue weighted by molar-refractivity contribution is 4.87. The molecule has 0 atom stereocenters. The molecule has 0 aliphatic heterocycles. The van der Waals surface area contributed by atoms with E-state index >= 15 is 0 Å². The third kappa shape index (κ3) is 1.71. The Balaban J connectivity index is 2.30. The van der Waals surface area contributed by atoms with Crippen molar-refractivity contribution in [1.29, 1.82) is 5.26 Å². The zero-order chi connectivity index (χ0) is 7.45. The molecule has 10 heavy (non-hydrogen) atoms. The Morgan fingerprint density at radius 1 is 1.40 bits per heavy atom. The van der Waals surface area contributed by atoms with Crippen LogP contribution >= 0.6 is 0 Å². The maximum absolute atomic E-state index is 11.5. The summed E-state index contributed by atoms with van der Waals surface area (Å²) in [5.41, 5.74) is -0.726. The van der Waals surface area contributed by atoms with Gasteiger partial charge in [0, 0.05) is 6.42 Å². The molecule has 0 heterocycles. The second-order valence-electron chi connectivity index (χ2n) is 3.05. The molecular weight excluding hydrogens is 126 g/mol. The first-order chi connectivity index (χ1) is 4.77. The molecule has 2 nitrogen and oxygen atoms in total. The van der Waals surface area contributed by atoms with Gasteiger partial charge in [0.1, 0.15) is 5.60 Å². The minimum atomic E-state index is -0.726. The first-order valence-electron chi connectivity index (χ1n) is 3.84. The van der Waals surface area contributed by atoms with E-state index in [-0.39, 0.29) is 0 Å². The van der Waals surface area contributed by atoms with Gasteiger partial charge in [-0.15, -0.1) is 0 Å². The number of hydrogen-bond donors (Lipinski definition) is 0. The van der Waals surface area contributed by atoms with Crippen LogP contribution in [0.5, 0.6) is 0 Å². The van der Waals surface area contributed by atoms with Crippen LogP contribution in [0.4, 0.5) is 0 Å². The highest BCUT2D eigenvalue weighted by Crippen LogP contribution is 2.33. The molecule has 1 rings (SSSR count). The van der Waals surface area contributed by atoms with Gasteiger partial charge in [0.05, 0.1) is 6.07 Å². The molecule has 1 aliphatic carbocycles. The average Bonchev–Trinajstić information content (AvgIpc) is 2.33. The third-order valence-corrected chi connectivity index (χ3v) is 2.21. The molecule has 0 N–H and O–H groups in total. The van der Waals surface area contributed by atoms with Crippen LogP contribution in [0.15, 0.2) is 0 Å². The van der Waals surface area contributed by atoms with Crippen molar-refractivity contribution in [3.63, 3.8) is 0 Å². The second kappa shape index (κ2) is 3.03. The molecule has 2 heteroatoms. The van der Waals surface area contributed by atoms with Crippen molar-refractivity contribution < 1.29 is 5.11 Å². The zero-order valence-corrected chi connectivity index (χ0v) is 6.10. The largest absolute Gasteiger partial charge is 0.229 e. The Labute approximate surface area is 61.5 Å². The molecule has 0 unspecified atom stereocenters. The van der Waals surface area contributed by atoms with Crippen LogP contribution in [-0.2, 0) is 5.11 Å². The van der Waals surface area contributed by atoms with Crippen LogP contribution in [0.25, 0.3) is 0 Å². The van der Waals surface area contributed by atoms with E-state index in [1.807, 2.05) is 6.07 Å². The van der Waals surface area contributed by atoms with E-state index in [1.165, 1.54) is 0 Å². The van der Waals surface area contributed by atoms with Crippen molar-refractivity contribution in [2.75, 3.05) is 0 Å². The SMILES string of the molecule is N#CCCC1([O])CCCC1. The van der Waals surface area contributed by atoms with E-state index in [1.54, 1.807) is 0 Å². The van der Waals surface area contributed by atoms with Gasteiger partial charge in [-0.05, 0) is 19.3 Å². The quantitative estimate of drug-likeness (QED) is 0.575. The van der Waals surface area contributed by atoms with Crippen molar-refractivity contribution in [1.82, 2.24) is 0 Å². The summed E-state index contributed by atoms with van der Waals surface area (Å²) in [4.78, 5) is 0. The summed E-state index contributed by atoms with van der Waals surface area (Å²) in [5, 5.41) is 19.8. The summed E-state index contributed by atoms with van der Waals surface area (Å²) in [6, 6.07) is 2.02. The molecule has 0 spiro atoms. The highest BCUT2D eigenvalue weighted by atomic mass is 16.3. The van der Waals surface area contributed by atoms with Crippen LogP contribution in [0.3, 0.4) is 0 Å². The normalized spacial score (nSPS) is 22.4. The topological polar surface area (TPSA) is 43.7 Å². The van der Waals surface area contributed by atoms with E-state index in [2.05, 4.69) is 0 Å². The van der Waals surface area contributed by atoms with Gasteiger partial charge in [-0.25, -0.2) is 5.11 Å². The number of hydrogen-bond acceptors (Lipinski definition) is 1. The van der Waals surface area contributed by atoms with Crippen LogP contribution in [-0.4, -0.2) is 5.60 Å². The average molecular weight is 138 g/mol. The van der Waals surface area contributed by atoms with Crippen LogP contribution < -0.4 is 0 Å². The molecule has 55 valence electrons. The number of nitriles is 1. The molecule has 0 bridgehead atoms. The Morgan fingerprint density at radius 2 is 2.00 bits per heavy atom. The van der Waals surface area contributed by atoms with E-state index in [4.69, 9.17) is 5.26 Å². The Bertz CT molecular complexity index is 142. The van der Waals surface area contributed by atoms with E-state index in [0.717, 1.165) is 25.7 Å². The Morgan fingerprint density at radius 3 is 2.50 bits per heavy atom. The van der Waals surface area contributed by atoms with Crippen molar-refractivity contribution in [3.05, 3.63) is 0 Å². The Hall–Kier alpha value is -0.550. The molecule has 0 saturated heterocycles. The lowest BCUT2D eigenvalue weighted by Gasteiger charge is -2.16. The molecule has 0 aromatic rings. The lowest BCUT2D eigenvalue weighted by Crippen LogP contribution is -2.21. The first kappa shape index (κ1) is 7.56.